The van der Waals surface area contributed by atoms with E-state index in [2.05, 4.69) is 9.97 Å². The zero-order valence-corrected chi connectivity index (χ0v) is 30.9. The van der Waals surface area contributed by atoms with Gasteiger partial charge in [0.15, 0.2) is 6.29 Å². The normalized spacial score (nSPS) is 15.0. The molecular formula is C42H40N2O7S2. The van der Waals surface area contributed by atoms with Crippen molar-refractivity contribution < 1.29 is 31.0 Å². The molecule has 2 aromatic heterocycles. The third kappa shape index (κ3) is 8.89. The maximum Gasteiger partial charge on any atom is 0.307 e. The summed E-state index contributed by atoms with van der Waals surface area (Å²) in [6.45, 7) is 3.27. The summed E-state index contributed by atoms with van der Waals surface area (Å²) in [6, 6.07) is 36.5. The van der Waals surface area contributed by atoms with Crippen molar-refractivity contribution >= 4 is 20.4 Å². The Balaban J connectivity index is 1.30. The van der Waals surface area contributed by atoms with E-state index in [0.29, 0.717) is 51.8 Å². The number of aromatic nitrogens is 2. The summed E-state index contributed by atoms with van der Waals surface area (Å²) in [5.41, 5.74) is 2.89. The van der Waals surface area contributed by atoms with E-state index in [9.17, 15) is 8.42 Å². The van der Waals surface area contributed by atoms with E-state index >= 15 is 0 Å². The molecule has 7 rings (SSSR count). The third-order valence-electron chi connectivity index (χ3n) is 8.68. The van der Waals surface area contributed by atoms with Crippen LogP contribution in [0.5, 0.6) is 17.2 Å². The van der Waals surface area contributed by atoms with E-state index in [4.69, 9.17) is 22.6 Å². The molecule has 4 aromatic carbocycles. The van der Waals surface area contributed by atoms with Gasteiger partial charge in [0.1, 0.15) is 30.5 Å². The van der Waals surface area contributed by atoms with E-state index in [1.165, 1.54) is 0 Å². The Morgan fingerprint density at radius 3 is 1.49 bits per heavy atom. The fourth-order valence-electron chi connectivity index (χ4n) is 5.82. The van der Waals surface area contributed by atoms with Crippen LogP contribution in [0.4, 0.5) is 0 Å². The van der Waals surface area contributed by atoms with Crippen LogP contribution < -0.4 is 14.2 Å². The molecule has 53 heavy (non-hydrogen) atoms. The number of rotatable bonds is 14. The highest BCUT2D eigenvalue weighted by atomic mass is 32.3. The van der Waals surface area contributed by atoms with Gasteiger partial charge in [-0.25, -0.2) is 3.63 Å². The lowest BCUT2D eigenvalue weighted by Gasteiger charge is -2.39. The topological polar surface area (TPSA) is 106 Å². The number of hydrogen-bond acceptors (Lipinski definition) is 9. The first-order valence-electron chi connectivity index (χ1n) is 17.4. The number of aryl methyl sites for hydroxylation is 1. The molecule has 1 aliphatic rings. The van der Waals surface area contributed by atoms with Gasteiger partial charge in [-0.1, -0.05) is 17.7 Å². The van der Waals surface area contributed by atoms with Gasteiger partial charge in [0.05, 0.1) is 11.5 Å². The van der Waals surface area contributed by atoms with Crippen molar-refractivity contribution in [2.24, 2.45) is 0 Å². The molecule has 9 nitrogen and oxygen atoms in total. The molecule has 1 atom stereocenters. The van der Waals surface area contributed by atoms with E-state index < -0.39 is 20.4 Å². The summed E-state index contributed by atoms with van der Waals surface area (Å²) in [5, 5.41) is 0. The Hall–Kier alpha value is -5.20. The fourth-order valence-corrected chi connectivity index (χ4v) is 11.0. The quantitative estimate of drug-likeness (QED) is 0.108. The molecule has 0 N–H and O–H groups in total. The second kappa shape index (κ2) is 16.6. The van der Waals surface area contributed by atoms with Gasteiger partial charge in [-0.15, -0.1) is 0 Å². The van der Waals surface area contributed by atoms with Crippen molar-refractivity contribution in [3.05, 3.63) is 163 Å². The minimum atomic E-state index is -4.31. The van der Waals surface area contributed by atoms with Crippen molar-refractivity contribution in [3.63, 3.8) is 0 Å². The Kier molecular flexibility index (Phi) is 11.4. The van der Waals surface area contributed by atoms with Crippen molar-refractivity contribution in [2.45, 2.75) is 65.3 Å². The molecule has 1 fully saturated rings. The summed E-state index contributed by atoms with van der Waals surface area (Å²) in [7, 11) is -7.28. The lowest BCUT2D eigenvalue weighted by molar-refractivity contribution is -0.105. The Labute approximate surface area is 312 Å². The first-order valence-corrected chi connectivity index (χ1v) is 20.3. The molecule has 0 bridgehead atoms. The van der Waals surface area contributed by atoms with E-state index in [1.807, 2.05) is 104 Å². The minimum Gasteiger partial charge on any atom is -0.489 e. The Morgan fingerprint density at radius 1 is 0.585 bits per heavy atom. The zero-order valence-electron chi connectivity index (χ0n) is 29.2. The van der Waals surface area contributed by atoms with Crippen LogP contribution in [0.25, 0.3) is 0 Å². The molecule has 1 aliphatic heterocycles. The van der Waals surface area contributed by atoms with E-state index in [-0.39, 0.29) is 11.2 Å². The van der Waals surface area contributed by atoms with E-state index in [0.717, 1.165) is 36.0 Å². The van der Waals surface area contributed by atoms with Gasteiger partial charge in [0.2, 0.25) is 0 Å². The molecule has 0 radical (unpaired) electrons. The average Bonchev–Trinajstić information content (AvgIpc) is 3.20. The molecule has 3 heterocycles. The highest BCUT2D eigenvalue weighted by Crippen LogP contribution is 2.70. The Bertz CT molecular complexity index is 2080. The first-order chi connectivity index (χ1) is 25.9. The predicted molar refractivity (Wildman–Crippen MR) is 203 cm³/mol. The van der Waals surface area contributed by atoms with Crippen molar-refractivity contribution in [2.75, 3.05) is 6.61 Å². The van der Waals surface area contributed by atoms with Gasteiger partial charge in [0, 0.05) is 45.9 Å². The second-order valence-electron chi connectivity index (χ2n) is 12.5. The van der Waals surface area contributed by atoms with Crippen molar-refractivity contribution in [1.29, 1.82) is 0 Å². The van der Waals surface area contributed by atoms with E-state index in [1.54, 1.807) is 49.1 Å². The number of pyridine rings is 2. The van der Waals surface area contributed by atoms with Gasteiger partial charge in [-0.2, -0.15) is 8.42 Å². The Morgan fingerprint density at radius 2 is 1.04 bits per heavy atom. The van der Waals surface area contributed by atoms with Gasteiger partial charge >= 0.3 is 10.1 Å². The molecule has 11 heteroatoms. The molecule has 272 valence electrons. The maximum atomic E-state index is 14.4. The summed E-state index contributed by atoms with van der Waals surface area (Å²) in [5.74, 6) is 1.86. The third-order valence-corrected chi connectivity index (χ3v) is 13.9. The van der Waals surface area contributed by atoms with Crippen LogP contribution in [-0.2, 0) is 31.7 Å². The molecule has 0 spiro atoms. The van der Waals surface area contributed by atoms with Gasteiger partial charge in [0.25, 0.3) is 0 Å². The standard InChI is InChI=1S/C42H40N2O7S2/c1-32-5-13-41(14-6-32)53(45,46)51-52(40-19-11-37(12-20-40)50-42-4-2-3-29-47-42,38-15-7-35(8-16-38)48-30-33-21-25-43-26-22-33)39-17-9-36(10-18-39)49-31-34-23-27-44-28-24-34/h5-28,42H,2-4,29-31H2,1H3. The first kappa shape index (κ1) is 36.2. The predicted octanol–water partition coefficient (Wildman–Crippen LogP) is 9.45. The highest BCUT2D eigenvalue weighted by Gasteiger charge is 2.39. The van der Waals surface area contributed by atoms with Crippen LogP contribution in [0.3, 0.4) is 0 Å². The average molecular weight is 749 g/mol. The lowest BCUT2D eigenvalue weighted by atomic mass is 10.2. The monoisotopic (exact) mass is 748 g/mol. The number of nitrogens with zero attached hydrogens (tertiary/aromatic N) is 2. The molecule has 0 aliphatic carbocycles. The van der Waals surface area contributed by atoms with Crippen molar-refractivity contribution in [3.8, 4) is 17.2 Å². The number of ether oxygens (including phenoxy) is 4. The molecule has 1 saturated heterocycles. The lowest BCUT2D eigenvalue weighted by Crippen LogP contribution is -2.24. The van der Waals surface area contributed by atoms with Crippen LogP contribution in [0.15, 0.2) is 166 Å². The smallest absolute Gasteiger partial charge is 0.307 e. The molecule has 0 saturated carbocycles. The van der Waals surface area contributed by atoms with Crippen LogP contribution in [0, 0.1) is 6.92 Å². The number of hydrogen-bond donors (Lipinski definition) is 0. The second-order valence-corrected chi connectivity index (χ2v) is 17.0. The molecular weight excluding hydrogens is 709 g/mol. The fraction of sp³-hybridized carbons (Fsp3) is 0.190. The van der Waals surface area contributed by atoms with Gasteiger partial charge in [-0.05, 0) is 150 Å². The van der Waals surface area contributed by atoms with Crippen LogP contribution >= 0.6 is 10.3 Å². The van der Waals surface area contributed by atoms with Crippen LogP contribution in [-0.4, -0.2) is 31.3 Å². The van der Waals surface area contributed by atoms with Crippen LogP contribution in [0.1, 0.15) is 36.0 Å². The van der Waals surface area contributed by atoms with Crippen molar-refractivity contribution in [1.82, 2.24) is 9.97 Å². The molecule has 1 unspecified atom stereocenters. The van der Waals surface area contributed by atoms with Gasteiger partial charge < -0.3 is 18.9 Å². The molecule has 0 amide bonds. The highest BCUT2D eigenvalue weighted by molar-refractivity contribution is 8.33. The zero-order chi connectivity index (χ0) is 36.5. The SMILES string of the molecule is Cc1ccc(S(=O)(=O)OS(c2ccc(OCc3ccncc3)cc2)(c2ccc(OCc3ccncc3)cc2)c2ccc(OC3CCCCO3)cc2)cc1. The summed E-state index contributed by atoms with van der Waals surface area (Å²) in [4.78, 5) is 10.2. The largest absolute Gasteiger partial charge is 0.489 e. The number of benzene rings is 4. The summed E-state index contributed by atoms with van der Waals surface area (Å²) in [6.07, 6.45) is 9.41. The summed E-state index contributed by atoms with van der Waals surface area (Å²) < 4.78 is 59.5. The minimum absolute atomic E-state index is 0.0592. The van der Waals surface area contributed by atoms with Crippen LogP contribution in [0.2, 0.25) is 0 Å². The molecule has 6 aromatic rings. The maximum absolute atomic E-state index is 14.4. The summed E-state index contributed by atoms with van der Waals surface area (Å²) >= 11 is 0. The van der Waals surface area contributed by atoms with Gasteiger partial charge in [-0.3, -0.25) is 9.97 Å².